The van der Waals surface area contributed by atoms with Gasteiger partial charge in [-0.1, -0.05) is 60.1 Å². The lowest BCUT2D eigenvalue weighted by atomic mass is 10.1. The Kier molecular flexibility index (Phi) is 4.73. The molecule has 27 heavy (non-hydrogen) atoms. The van der Waals surface area contributed by atoms with Gasteiger partial charge in [0.25, 0.3) is 5.91 Å². The maximum absolute atomic E-state index is 12.6. The number of rotatable bonds is 4. The molecule has 0 spiro atoms. The maximum Gasteiger partial charge on any atom is 0.256 e. The van der Waals surface area contributed by atoms with Gasteiger partial charge in [-0.2, -0.15) is 4.98 Å². The molecule has 0 aliphatic rings. The predicted octanol–water partition coefficient (Wildman–Crippen LogP) is 5.91. The topological polar surface area (TPSA) is 55.1 Å². The van der Waals surface area contributed by atoms with Gasteiger partial charge >= 0.3 is 0 Å². The fourth-order valence-corrected chi connectivity index (χ4v) is 2.80. The zero-order valence-electron chi connectivity index (χ0n) is 14.2. The zero-order chi connectivity index (χ0) is 18.6. The van der Waals surface area contributed by atoms with E-state index in [9.17, 15) is 4.79 Å². The number of oxazole rings is 1. The predicted molar refractivity (Wildman–Crippen MR) is 107 cm³/mol. The van der Waals surface area contributed by atoms with Crippen molar-refractivity contribution in [3.63, 3.8) is 0 Å². The number of anilines is 1. The van der Waals surface area contributed by atoms with Crippen LogP contribution in [0.5, 0.6) is 0 Å². The van der Waals surface area contributed by atoms with Gasteiger partial charge in [0.15, 0.2) is 11.6 Å². The third-order valence-corrected chi connectivity index (χ3v) is 4.27. The largest absolute Gasteiger partial charge is 0.434 e. The van der Waals surface area contributed by atoms with E-state index in [1.165, 1.54) is 0 Å². The van der Waals surface area contributed by atoms with E-state index in [1.54, 1.807) is 24.3 Å². The summed E-state index contributed by atoms with van der Waals surface area (Å²) in [6.07, 6.45) is 0. The average molecular weight is 375 g/mol. The lowest BCUT2D eigenvalue weighted by molar-refractivity contribution is 0.102. The summed E-state index contributed by atoms with van der Waals surface area (Å²) in [6, 6.07) is 25.7. The fraction of sp³-hybridized carbons (Fsp3) is 0. The van der Waals surface area contributed by atoms with Crippen molar-refractivity contribution in [1.82, 2.24) is 4.98 Å². The molecule has 1 N–H and O–H groups in total. The molecule has 0 aliphatic carbocycles. The van der Waals surface area contributed by atoms with Crippen LogP contribution in [-0.4, -0.2) is 10.9 Å². The average Bonchev–Trinajstić information content (AvgIpc) is 3.13. The summed E-state index contributed by atoms with van der Waals surface area (Å²) < 4.78 is 5.99. The number of hydrogen-bond donors (Lipinski definition) is 1. The molecule has 1 heterocycles. The van der Waals surface area contributed by atoms with Crippen molar-refractivity contribution in [3.05, 3.63) is 95.5 Å². The van der Waals surface area contributed by atoms with Gasteiger partial charge in [0.05, 0.1) is 0 Å². The van der Waals surface area contributed by atoms with E-state index in [4.69, 9.17) is 16.0 Å². The molecule has 0 radical (unpaired) electrons. The summed E-state index contributed by atoms with van der Waals surface area (Å²) in [5.74, 6) is 1.04. The van der Waals surface area contributed by atoms with Crippen LogP contribution in [0.3, 0.4) is 0 Å². The number of carbonyl (C=O) groups excluding carboxylic acids is 1. The van der Waals surface area contributed by atoms with Gasteiger partial charge in [-0.05, 0) is 36.4 Å². The SMILES string of the molecule is O=C(Nc1nc(-c2ccc(Cl)cc2)oc1-c1ccccc1)c1ccccc1. The summed E-state index contributed by atoms with van der Waals surface area (Å²) in [4.78, 5) is 17.1. The van der Waals surface area contributed by atoms with Gasteiger partial charge in [0.1, 0.15) is 0 Å². The lowest BCUT2D eigenvalue weighted by Gasteiger charge is -2.04. The third-order valence-electron chi connectivity index (χ3n) is 4.02. The van der Waals surface area contributed by atoms with E-state index < -0.39 is 0 Å². The highest BCUT2D eigenvalue weighted by Gasteiger charge is 2.19. The van der Waals surface area contributed by atoms with Crippen molar-refractivity contribution in [2.45, 2.75) is 0 Å². The number of nitrogens with zero attached hydrogens (tertiary/aromatic N) is 1. The summed E-state index contributed by atoms with van der Waals surface area (Å²) in [7, 11) is 0. The fourth-order valence-electron chi connectivity index (χ4n) is 2.68. The van der Waals surface area contributed by atoms with Crippen LogP contribution in [0.1, 0.15) is 10.4 Å². The van der Waals surface area contributed by atoms with Crippen LogP contribution in [0, 0.1) is 0 Å². The molecule has 0 fully saturated rings. The van der Waals surface area contributed by atoms with E-state index in [0.29, 0.717) is 28.1 Å². The quantitative estimate of drug-likeness (QED) is 0.482. The number of carbonyl (C=O) groups is 1. The normalized spacial score (nSPS) is 10.6. The molecule has 4 rings (SSSR count). The Morgan fingerprint density at radius 3 is 2.11 bits per heavy atom. The Hall–Kier alpha value is -3.37. The first-order valence-corrected chi connectivity index (χ1v) is 8.77. The van der Waals surface area contributed by atoms with Crippen molar-refractivity contribution >= 4 is 23.3 Å². The first kappa shape index (κ1) is 17.1. The molecule has 1 aromatic heterocycles. The lowest BCUT2D eigenvalue weighted by Crippen LogP contribution is -2.12. The van der Waals surface area contributed by atoms with Crippen molar-refractivity contribution < 1.29 is 9.21 Å². The Morgan fingerprint density at radius 1 is 0.815 bits per heavy atom. The minimum atomic E-state index is -0.247. The highest BCUT2D eigenvalue weighted by molar-refractivity contribution is 6.30. The Bertz CT molecular complexity index is 1060. The zero-order valence-corrected chi connectivity index (χ0v) is 15.0. The number of halogens is 1. The summed E-state index contributed by atoms with van der Waals surface area (Å²) in [6.45, 7) is 0. The standard InChI is InChI=1S/C22H15ClN2O2/c23-18-13-11-17(12-14-18)22-25-20(19(27-22)15-7-3-1-4-8-15)24-21(26)16-9-5-2-6-10-16/h1-14H,(H,24,26). The van der Waals surface area contributed by atoms with Gasteiger partial charge in [0.2, 0.25) is 5.89 Å². The first-order chi connectivity index (χ1) is 13.2. The van der Waals surface area contributed by atoms with Crippen LogP contribution in [0.2, 0.25) is 5.02 Å². The Balaban J connectivity index is 1.74. The van der Waals surface area contributed by atoms with E-state index in [2.05, 4.69) is 10.3 Å². The maximum atomic E-state index is 12.6. The smallest absolute Gasteiger partial charge is 0.256 e. The van der Waals surface area contributed by atoms with Gasteiger partial charge in [-0.15, -0.1) is 0 Å². The molecule has 0 aliphatic heterocycles. The number of nitrogens with one attached hydrogen (secondary N) is 1. The summed E-state index contributed by atoms with van der Waals surface area (Å²) in [5.41, 5.74) is 2.15. The molecule has 0 bridgehead atoms. The second kappa shape index (κ2) is 7.48. The molecule has 4 nitrogen and oxygen atoms in total. The van der Waals surface area contributed by atoms with Gasteiger partial charge < -0.3 is 9.73 Å². The molecule has 4 aromatic rings. The van der Waals surface area contributed by atoms with Gasteiger partial charge in [0, 0.05) is 21.7 Å². The van der Waals surface area contributed by atoms with Crippen molar-refractivity contribution in [1.29, 1.82) is 0 Å². The summed E-state index contributed by atoms with van der Waals surface area (Å²) >= 11 is 5.96. The molecular formula is C22H15ClN2O2. The van der Waals surface area contributed by atoms with Gasteiger partial charge in [-0.3, -0.25) is 4.79 Å². The molecular weight excluding hydrogens is 360 g/mol. The van der Waals surface area contributed by atoms with Crippen LogP contribution in [0.4, 0.5) is 5.82 Å². The molecule has 0 unspecified atom stereocenters. The third kappa shape index (κ3) is 3.76. The highest BCUT2D eigenvalue weighted by atomic mass is 35.5. The molecule has 132 valence electrons. The molecule has 1 amide bonds. The van der Waals surface area contributed by atoms with Crippen molar-refractivity contribution in [2.24, 2.45) is 0 Å². The van der Waals surface area contributed by atoms with Crippen LogP contribution in [-0.2, 0) is 0 Å². The van der Waals surface area contributed by atoms with Crippen LogP contribution < -0.4 is 5.32 Å². The molecule has 0 saturated heterocycles. The monoisotopic (exact) mass is 374 g/mol. The Labute approximate surface area is 161 Å². The number of aromatic nitrogens is 1. The number of benzene rings is 3. The minimum Gasteiger partial charge on any atom is -0.434 e. The van der Waals surface area contributed by atoms with Crippen LogP contribution >= 0.6 is 11.6 Å². The van der Waals surface area contributed by atoms with Crippen molar-refractivity contribution in [2.75, 3.05) is 5.32 Å². The molecule has 3 aromatic carbocycles. The van der Waals surface area contributed by atoms with Crippen LogP contribution in [0.25, 0.3) is 22.8 Å². The number of amides is 1. The highest BCUT2D eigenvalue weighted by Crippen LogP contribution is 2.33. The van der Waals surface area contributed by atoms with E-state index in [1.807, 2.05) is 60.7 Å². The molecule has 0 saturated carbocycles. The second-order valence-corrected chi connectivity index (χ2v) is 6.33. The second-order valence-electron chi connectivity index (χ2n) is 5.89. The van der Waals surface area contributed by atoms with E-state index in [-0.39, 0.29) is 5.91 Å². The van der Waals surface area contributed by atoms with E-state index in [0.717, 1.165) is 11.1 Å². The molecule has 0 atom stereocenters. The van der Waals surface area contributed by atoms with E-state index >= 15 is 0 Å². The Morgan fingerprint density at radius 2 is 1.44 bits per heavy atom. The van der Waals surface area contributed by atoms with Crippen molar-refractivity contribution in [3.8, 4) is 22.8 Å². The minimum absolute atomic E-state index is 0.247. The number of hydrogen-bond acceptors (Lipinski definition) is 3. The van der Waals surface area contributed by atoms with Gasteiger partial charge in [-0.25, -0.2) is 0 Å². The molecule has 5 heteroatoms. The summed E-state index contributed by atoms with van der Waals surface area (Å²) in [5, 5.41) is 3.49. The van der Waals surface area contributed by atoms with Crippen LogP contribution in [0.15, 0.2) is 89.3 Å². The first-order valence-electron chi connectivity index (χ1n) is 8.39.